The first kappa shape index (κ1) is 23.3. The summed E-state index contributed by atoms with van der Waals surface area (Å²) in [7, 11) is 0. The Kier molecular flexibility index (Phi) is 6.56. The molecule has 1 aliphatic rings. The van der Waals surface area contributed by atoms with E-state index in [9.17, 15) is 19.8 Å². The van der Waals surface area contributed by atoms with Crippen LogP contribution in [0.15, 0.2) is 48.5 Å². The Hall–Kier alpha value is -3.85. The summed E-state index contributed by atoms with van der Waals surface area (Å²) in [5, 5.41) is 31.4. The van der Waals surface area contributed by atoms with E-state index in [1.165, 1.54) is 0 Å². The molecule has 1 saturated heterocycles. The SMILES string of the molecule is CC(C(=O)O)n1c(CC(C(=O)O)c2ccc(O[C@H]3CCNC3)cc2)cc2ccc(C(=N)N)cc21. The second-order valence-electron chi connectivity index (χ2n) is 8.60. The molecule has 2 aromatic carbocycles. The highest BCUT2D eigenvalue weighted by molar-refractivity contribution is 5.99. The van der Waals surface area contributed by atoms with Crippen LogP contribution in [-0.4, -0.2) is 51.7 Å². The lowest BCUT2D eigenvalue weighted by Crippen LogP contribution is -2.21. The van der Waals surface area contributed by atoms with Crippen molar-refractivity contribution in [2.75, 3.05) is 13.1 Å². The van der Waals surface area contributed by atoms with Crippen LogP contribution in [0.4, 0.5) is 0 Å². The largest absolute Gasteiger partial charge is 0.489 e. The third-order valence-electron chi connectivity index (χ3n) is 6.29. The molecule has 0 saturated carbocycles. The number of fused-ring (bicyclic) bond motifs is 1. The molecule has 1 aliphatic heterocycles. The molecule has 0 spiro atoms. The van der Waals surface area contributed by atoms with Gasteiger partial charge in [-0.1, -0.05) is 24.3 Å². The van der Waals surface area contributed by atoms with E-state index in [1.807, 2.05) is 0 Å². The Balaban J connectivity index is 1.68. The maximum atomic E-state index is 12.2. The zero-order valence-electron chi connectivity index (χ0n) is 18.8. The van der Waals surface area contributed by atoms with Crippen LogP contribution in [0.3, 0.4) is 0 Å². The Morgan fingerprint density at radius 1 is 1.18 bits per heavy atom. The summed E-state index contributed by atoms with van der Waals surface area (Å²) in [5.41, 5.74) is 7.87. The van der Waals surface area contributed by atoms with Gasteiger partial charge in [-0.3, -0.25) is 10.2 Å². The number of hydrogen-bond acceptors (Lipinski definition) is 5. The minimum Gasteiger partial charge on any atom is -0.489 e. The molecule has 34 heavy (non-hydrogen) atoms. The molecule has 0 radical (unpaired) electrons. The molecule has 3 aromatic rings. The van der Waals surface area contributed by atoms with Crippen molar-refractivity contribution in [2.45, 2.75) is 37.8 Å². The molecular weight excluding hydrogens is 436 g/mol. The first-order valence-electron chi connectivity index (χ1n) is 11.2. The normalized spacial score (nSPS) is 17.4. The van der Waals surface area contributed by atoms with Gasteiger partial charge in [-0.15, -0.1) is 0 Å². The van der Waals surface area contributed by atoms with Crippen LogP contribution in [0.1, 0.15) is 42.1 Å². The van der Waals surface area contributed by atoms with Crippen LogP contribution >= 0.6 is 0 Å². The van der Waals surface area contributed by atoms with E-state index >= 15 is 0 Å². The van der Waals surface area contributed by atoms with Crippen molar-refractivity contribution in [3.8, 4) is 5.75 Å². The quantitative estimate of drug-likeness (QED) is 0.241. The predicted octanol–water partition coefficient (Wildman–Crippen LogP) is 2.72. The third-order valence-corrected chi connectivity index (χ3v) is 6.29. The van der Waals surface area contributed by atoms with E-state index in [4.69, 9.17) is 15.9 Å². The van der Waals surface area contributed by atoms with Crippen molar-refractivity contribution < 1.29 is 24.5 Å². The predicted molar refractivity (Wildman–Crippen MR) is 128 cm³/mol. The van der Waals surface area contributed by atoms with Crippen LogP contribution in [0.2, 0.25) is 0 Å². The van der Waals surface area contributed by atoms with Crippen LogP contribution in [-0.2, 0) is 16.0 Å². The summed E-state index contributed by atoms with van der Waals surface area (Å²) < 4.78 is 7.54. The number of carboxylic acids is 2. The van der Waals surface area contributed by atoms with E-state index in [1.54, 1.807) is 60.0 Å². The molecule has 1 fully saturated rings. The third kappa shape index (κ3) is 4.74. The van der Waals surface area contributed by atoms with Gasteiger partial charge in [0.2, 0.25) is 0 Å². The summed E-state index contributed by atoms with van der Waals surface area (Å²) in [4.78, 5) is 24.1. The first-order valence-corrected chi connectivity index (χ1v) is 11.2. The van der Waals surface area contributed by atoms with Gasteiger partial charge in [0.25, 0.3) is 0 Å². The number of rotatable bonds is 9. The summed E-state index contributed by atoms with van der Waals surface area (Å²) in [6.45, 7) is 3.25. The fraction of sp³-hybridized carbons (Fsp3) is 0.320. The van der Waals surface area contributed by atoms with Gasteiger partial charge in [-0.05, 0) is 55.1 Å². The molecule has 9 heteroatoms. The number of nitrogens with two attached hydrogens (primary N) is 1. The summed E-state index contributed by atoms with van der Waals surface area (Å²) in [6.07, 6.45) is 1.13. The lowest BCUT2D eigenvalue weighted by atomic mass is 9.94. The second kappa shape index (κ2) is 9.56. The van der Waals surface area contributed by atoms with Crippen molar-refractivity contribution in [1.82, 2.24) is 9.88 Å². The fourth-order valence-corrected chi connectivity index (χ4v) is 4.43. The molecule has 0 bridgehead atoms. The number of benzene rings is 2. The number of nitrogens with zero attached hydrogens (tertiary/aromatic N) is 1. The molecule has 4 rings (SSSR count). The lowest BCUT2D eigenvalue weighted by Gasteiger charge is -2.19. The average Bonchev–Trinajstić information content (AvgIpc) is 3.44. The van der Waals surface area contributed by atoms with Gasteiger partial charge >= 0.3 is 11.9 Å². The lowest BCUT2D eigenvalue weighted by molar-refractivity contribution is -0.140. The average molecular weight is 465 g/mol. The molecule has 9 nitrogen and oxygen atoms in total. The number of nitrogen functional groups attached to an aromatic ring is 1. The van der Waals surface area contributed by atoms with Crippen molar-refractivity contribution >= 4 is 28.7 Å². The van der Waals surface area contributed by atoms with E-state index in [2.05, 4.69) is 5.32 Å². The zero-order valence-corrected chi connectivity index (χ0v) is 18.8. The molecule has 1 aromatic heterocycles. The maximum absolute atomic E-state index is 12.2. The minimum absolute atomic E-state index is 0.101. The molecule has 6 N–H and O–H groups in total. The second-order valence-corrected chi connectivity index (χ2v) is 8.60. The van der Waals surface area contributed by atoms with Crippen LogP contribution in [0.25, 0.3) is 10.9 Å². The molecule has 0 aliphatic carbocycles. The molecule has 2 heterocycles. The number of nitrogens with one attached hydrogen (secondary N) is 2. The Morgan fingerprint density at radius 3 is 2.50 bits per heavy atom. The van der Waals surface area contributed by atoms with Gasteiger partial charge in [0, 0.05) is 29.7 Å². The smallest absolute Gasteiger partial charge is 0.326 e. The van der Waals surface area contributed by atoms with Crippen LogP contribution in [0, 0.1) is 5.41 Å². The zero-order chi connectivity index (χ0) is 24.4. The maximum Gasteiger partial charge on any atom is 0.326 e. The monoisotopic (exact) mass is 464 g/mol. The number of aliphatic carboxylic acids is 2. The standard InChI is InChI=1S/C25H28N4O5/c1-14(24(30)31)29-18(10-16-2-3-17(23(26)27)11-22(16)29)12-21(25(32)33)15-4-6-19(7-5-15)34-20-8-9-28-13-20/h2-7,10-11,14,20-21,28H,8-9,12-13H2,1H3,(H3,26,27)(H,30,31)(H,32,33)/t14?,20-,21?/m0/s1. The Bertz CT molecular complexity index is 1230. The summed E-state index contributed by atoms with van der Waals surface area (Å²) >= 11 is 0. The summed E-state index contributed by atoms with van der Waals surface area (Å²) in [6, 6.07) is 13.0. The van der Waals surface area contributed by atoms with E-state index in [0.717, 1.165) is 24.9 Å². The van der Waals surface area contributed by atoms with Gasteiger partial charge in [0.05, 0.1) is 5.92 Å². The fourth-order valence-electron chi connectivity index (χ4n) is 4.43. The molecule has 3 atom stereocenters. The molecule has 0 amide bonds. The number of carboxylic acid groups (broad SMARTS) is 2. The topological polar surface area (TPSA) is 151 Å². The van der Waals surface area contributed by atoms with Crippen molar-refractivity contribution in [3.05, 3.63) is 65.4 Å². The number of carbonyl (C=O) groups is 2. The first-order chi connectivity index (χ1) is 16.2. The highest BCUT2D eigenvalue weighted by atomic mass is 16.5. The van der Waals surface area contributed by atoms with Crippen molar-refractivity contribution in [3.63, 3.8) is 0 Å². The highest BCUT2D eigenvalue weighted by Gasteiger charge is 2.26. The van der Waals surface area contributed by atoms with E-state index in [0.29, 0.717) is 28.1 Å². The Morgan fingerprint density at radius 2 is 1.91 bits per heavy atom. The van der Waals surface area contributed by atoms with Crippen molar-refractivity contribution in [1.29, 1.82) is 5.41 Å². The van der Waals surface area contributed by atoms with Gasteiger partial charge in [-0.25, -0.2) is 4.79 Å². The van der Waals surface area contributed by atoms with E-state index < -0.39 is 23.9 Å². The number of hydrogen-bond donors (Lipinski definition) is 5. The Labute approximate surface area is 196 Å². The van der Waals surface area contributed by atoms with Gasteiger partial charge < -0.3 is 30.6 Å². The molecular formula is C25H28N4O5. The number of aromatic nitrogens is 1. The molecule has 178 valence electrons. The number of amidine groups is 1. The van der Waals surface area contributed by atoms with Crippen molar-refractivity contribution in [2.24, 2.45) is 5.73 Å². The van der Waals surface area contributed by atoms with Crippen LogP contribution in [0.5, 0.6) is 5.75 Å². The van der Waals surface area contributed by atoms with Gasteiger partial charge in [-0.2, -0.15) is 0 Å². The van der Waals surface area contributed by atoms with Crippen LogP contribution < -0.4 is 15.8 Å². The molecule has 2 unspecified atom stereocenters. The highest BCUT2D eigenvalue weighted by Crippen LogP contribution is 2.31. The minimum atomic E-state index is -1.04. The van der Waals surface area contributed by atoms with E-state index in [-0.39, 0.29) is 18.4 Å². The van der Waals surface area contributed by atoms with Gasteiger partial charge in [0.1, 0.15) is 23.7 Å². The number of ether oxygens (including phenoxy) is 1. The van der Waals surface area contributed by atoms with Gasteiger partial charge in [0.15, 0.2) is 0 Å². The summed E-state index contributed by atoms with van der Waals surface area (Å²) in [5.74, 6) is -2.36.